The highest BCUT2D eigenvalue weighted by Gasteiger charge is 2.25. The zero-order valence-corrected chi connectivity index (χ0v) is 20.0. The Kier molecular flexibility index (Phi) is 8.67. The molecule has 1 aliphatic rings. The van der Waals surface area contributed by atoms with Crippen molar-refractivity contribution in [1.29, 1.82) is 0 Å². The van der Waals surface area contributed by atoms with Gasteiger partial charge in [-0.15, -0.1) is 0 Å². The Hall–Kier alpha value is -3.36. The highest BCUT2D eigenvalue weighted by molar-refractivity contribution is 5.81. The van der Waals surface area contributed by atoms with Crippen LogP contribution in [0.1, 0.15) is 70.3 Å². The van der Waals surface area contributed by atoms with E-state index < -0.39 is 29.5 Å². The Morgan fingerprint density at radius 2 is 2.00 bits per heavy atom. The first-order chi connectivity index (χ1) is 16.2. The first-order valence-electron chi connectivity index (χ1n) is 11.6. The van der Waals surface area contributed by atoms with Crippen LogP contribution in [0.4, 0.5) is 4.79 Å². The van der Waals surface area contributed by atoms with Gasteiger partial charge in [-0.05, 0) is 52.0 Å². The summed E-state index contributed by atoms with van der Waals surface area (Å²) < 4.78 is 17.2. The Labute approximate surface area is 199 Å². The summed E-state index contributed by atoms with van der Waals surface area (Å²) in [5, 5.41) is 6.49. The molecule has 9 nitrogen and oxygen atoms in total. The molecule has 1 aromatic carbocycles. The lowest BCUT2D eigenvalue weighted by atomic mass is 10.1. The van der Waals surface area contributed by atoms with E-state index in [0.29, 0.717) is 12.2 Å². The van der Waals surface area contributed by atoms with Crippen LogP contribution in [-0.4, -0.2) is 33.4 Å². The molecule has 0 radical (unpaired) electrons. The number of fused-ring (bicyclic) bond motifs is 1. The van der Waals surface area contributed by atoms with Crippen molar-refractivity contribution in [2.24, 2.45) is 0 Å². The van der Waals surface area contributed by atoms with Gasteiger partial charge in [-0.1, -0.05) is 54.1 Å². The average Bonchev–Trinajstić information content (AvgIpc) is 3.02. The predicted octanol–water partition coefficient (Wildman–Crippen LogP) is 4.08. The second-order valence-corrected chi connectivity index (χ2v) is 9.37. The molecule has 2 heterocycles. The minimum absolute atomic E-state index is 0.0465. The van der Waals surface area contributed by atoms with Gasteiger partial charge in [-0.2, -0.15) is 0 Å². The molecule has 0 aliphatic carbocycles. The highest BCUT2D eigenvalue weighted by Crippen LogP contribution is 2.24. The van der Waals surface area contributed by atoms with E-state index in [0.717, 1.165) is 31.2 Å². The van der Waals surface area contributed by atoms with Crippen molar-refractivity contribution in [2.45, 2.75) is 83.6 Å². The third kappa shape index (κ3) is 7.60. The predicted molar refractivity (Wildman–Crippen MR) is 125 cm³/mol. The van der Waals surface area contributed by atoms with Crippen LogP contribution >= 0.6 is 0 Å². The van der Waals surface area contributed by atoms with Gasteiger partial charge < -0.3 is 14.8 Å². The first-order valence-corrected chi connectivity index (χ1v) is 11.6. The summed E-state index contributed by atoms with van der Waals surface area (Å²) in [5.74, 6) is -0.314. The molecule has 1 aliphatic heterocycles. The molecule has 2 atom stereocenters. The van der Waals surface area contributed by atoms with E-state index in [1.807, 2.05) is 42.5 Å². The van der Waals surface area contributed by atoms with E-state index in [-0.39, 0.29) is 19.1 Å². The third-order valence-electron chi connectivity index (χ3n) is 5.40. The summed E-state index contributed by atoms with van der Waals surface area (Å²) in [7, 11) is 0. The van der Waals surface area contributed by atoms with Gasteiger partial charge in [0.25, 0.3) is 0 Å². The molecule has 184 valence electrons. The Balaban J connectivity index is 1.62. The number of aromatic nitrogens is 2. The molecular formula is C25H33N3O6. The van der Waals surface area contributed by atoms with E-state index >= 15 is 0 Å². The van der Waals surface area contributed by atoms with Gasteiger partial charge in [0.1, 0.15) is 18.2 Å². The lowest BCUT2D eigenvalue weighted by Crippen LogP contribution is -2.44. The molecule has 2 unspecified atom stereocenters. The Morgan fingerprint density at radius 3 is 2.74 bits per heavy atom. The largest absolute Gasteiger partial charge is 0.459 e. The third-order valence-corrected chi connectivity index (χ3v) is 5.40. The van der Waals surface area contributed by atoms with Crippen LogP contribution in [0, 0.1) is 0 Å². The maximum atomic E-state index is 12.7. The molecule has 9 heteroatoms. The number of carbonyl (C=O) groups excluding carboxylic acids is 2. The highest BCUT2D eigenvalue weighted by atomic mass is 16.6. The number of hydrogen-bond donors (Lipinski definition) is 1. The standard InChI is InChI=1S/C25H33N3O6/c1-25(2,3)33-23(30)26-20(22(29)32-17-18-11-5-4-6-12-18)15-9-7-13-19-14-8-10-16-21-27-34-24(31)28(19)21/h4-7,9,11-12,19-20H,8,10,13-17H2,1-3H3,(H,26,30)/b9-7+. The number of aryl methyl sites for hydroxylation is 1. The summed E-state index contributed by atoms with van der Waals surface area (Å²) in [6.45, 7) is 5.37. The number of alkyl carbamates (subject to hydrolysis) is 1. The molecule has 0 saturated carbocycles. The molecule has 3 rings (SSSR count). The SMILES string of the molecule is CC(C)(C)OC(=O)NC(C/C=C/CC1CCCCc2noc(=O)n21)C(=O)OCc1ccccc1. The number of benzene rings is 1. The smallest absolute Gasteiger partial charge is 0.441 e. The van der Waals surface area contributed by atoms with Crippen molar-refractivity contribution in [3.63, 3.8) is 0 Å². The Bertz CT molecular complexity index is 1030. The number of esters is 1. The lowest BCUT2D eigenvalue weighted by Gasteiger charge is -2.22. The zero-order valence-electron chi connectivity index (χ0n) is 20.0. The minimum Gasteiger partial charge on any atom is -0.459 e. The van der Waals surface area contributed by atoms with Gasteiger partial charge in [0, 0.05) is 12.5 Å². The van der Waals surface area contributed by atoms with Gasteiger partial charge in [-0.25, -0.2) is 14.4 Å². The summed E-state index contributed by atoms with van der Waals surface area (Å²) in [6.07, 6.45) is 7.38. The van der Waals surface area contributed by atoms with Crippen molar-refractivity contribution in [3.8, 4) is 0 Å². The maximum Gasteiger partial charge on any atom is 0.441 e. The second kappa shape index (κ2) is 11.7. The van der Waals surface area contributed by atoms with Gasteiger partial charge in [0.15, 0.2) is 5.82 Å². The maximum absolute atomic E-state index is 12.7. The molecule has 0 bridgehead atoms. The second-order valence-electron chi connectivity index (χ2n) is 9.37. The van der Waals surface area contributed by atoms with Crippen LogP contribution in [0.25, 0.3) is 0 Å². The molecule has 0 fully saturated rings. The fourth-order valence-electron chi connectivity index (χ4n) is 3.81. The van der Waals surface area contributed by atoms with Gasteiger partial charge in [0.2, 0.25) is 0 Å². The molecule has 0 saturated heterocycles. The molecule has 34 heavy (non-hydrogen) atoms. The Morgan fingerprint density at radius 1 is 1.24 bits per heavy atom. The van der Waals surface area contributed by atoms with Crippen molar-refractivity contribution >= 4 is 12.1 Å². The monoisotopic (exact) mass is 471 g/mol. The average molecular weight is 472 g/mol. The summed E-state index contributed by atoms with van der Waals surface area (Å²) in [5.41, 5.74) is 0.160. The molecule has 2 aromatic rings. The van der Waals surface area contributed by atoms with Crippen molar-refractivity contribution in [1.82, 2.24) is 15.0 Å². The summed E-state index contributed by atoms with van der Waals surface area (Å²) in [4.78, 5) is 37.1. The van der Waals surface area contributed by atoms with Crippen LogP contribution in [0.15, 0.2) is 51.8 Å². The topological polar surface area (TPSA) is 113 Å². The molecular weight excluding hydrogens is 438 g/mol. The number of nitrogens with one attached hydrogen (secondary N) is 1. The van der Waals surface area contributed by atoms with Crippen molar-refractivity contribution < 1.29 is 23.6 Å². The normalized spacial score (nSPS) is 17.0. The number of hydrogen-bond acceptors (Lipinski definition) is 7. The van der Waals surface area contributed by atoms with E-state index in [2.05, 4.69) is 10.5 Å². The van der Waals surface area contributed by atoms with Crippen LogP contribution in [0.2, 0.25) is 0 Å². The molecule has 1 aromatic heterocycles. The molecule has 1 N–H and O–H groups in total. The fourth-order valence-corrected chi connectivity index (χ4v) is 3.81. The summed E-state index contributed by atoms with van der Waals surface area (Å²) in [6, 6.07) is 8.37. The molecule has 1 amide bonds. The lowest BCUT2D eigenvalue weighted by molar-refractivity contribution is -0.147. The van der Waals surface area contributed by atoms with Crippen molar-refractivity contribution in [3.05, 3.63) is 64.4 Å². The first kappa shape index (κ1) is 25.3. The van der Waals surface area contributed by atoms with Crippen LogP contribution < -0.4 is 11.1 Å². The van der Waals surface area contributed by atoms with Gasteiger partial charge in [0.05, 0.1) is 0 Å². The van der Waals surface area contributed by atoms with Crippen molar-refractivity contribution in [2.75, 3.05) is 0 Å². The van der Waals surface area contributed by atoms with Crippen LogP contribution in [0.5, 0.6) is 0 Å². The van der Waals surface area contributed by atoms with Crippen LogP contribution in [-0.2, 0) is 27.3 Å². The number of nitrogens with zero attached hydrogens (tertiary/aromatic N) is 2. The number of amides is 1. The molecule has 0 spiro atoms. The fraction of sp³-hybridized carbons (Fsp3) is 0.520. The van der Waals surface area contributed by atoms with E-state index in [1.54, 1.807) is 25.3 Å². The minimum atomic E-state index is -0.905. The van der Waals surface area contributed by atoms with E-state index in [1.165, 1.54) is 0 Å². The number of allylic oxidation sites excluding steroid dienone is 1. The number of ether oxygens (including phenoxy) is 2. The zero-order chi connectivity index (χ0) is 24.6. The number of rotatable bonds is 8. The van der Waals surface area contributed by atoms with Crippen LogP contribution in [0.3, 0.4) is 0 Å². The van der Waals surface area contributed by atoms with E-state index in [4.69, 9.17) is 14.0 Å². The van der Waals surface area contributed by atoms with E-state index in [9.17, 15) is 14.4 Å². The quantitative estimate of drug-likeness (QED) is 0.456. The number of carbonyl (C=O) groups is 2. The van der Waals surface area contributed by atoms with Gasteiger partial charge >= 0.3 is 17.8 Å². The van der Waals surface area contributed by atoms with Gasteiger partial charge in [-0.3, -0.25) is 9.09 Å². The summed E-state index contributed by atoms with van der Waals surface area (Å²) >= 11 is 0.